The van der Waals surface area contributed by atoms with Crippen LogP contribution in [0, 0.1) is 0 Å². The maximum Gasteiger partial charge on any atom is 0.278 e. The molecule has 0 saturated carbocycles. The Morgan fingerprint density at radius 1 is 1.00 bits per heavy atom. The third-order valence-corrected chi connectivity index (χ3v) is 5.15. The summed E-state index contributed by atoms with van der Waals surface area (Å²) in [4.78, 5) is 16.9. The topological polar surface area (TPSA) is 77.1 Å². The van der Waals surface area contributed by atoms with E-state index in [0.717, 1.165) is 11.4 Å². The smallest absolute Gasteiger partial charge is 0.278 e. The Morgan fingerprint density at radius 3 is 2.54 bits per heavy atom. The molecule has 1 aliphatic heterocycles. The summed E-state index contributed by atoms with van der Waals surface area (Å²) in [5, 5.41) is 15.0. The van der Waals surface area contributed by atoms with Crippen molar-refractivity contribution in [1.29, 1.82) is 0 Å². The molecule has 2 aromatic carbocycles. The lowest BCUT2D eigenvalue weighted by Crippen LogP contribution is -2.49. The number of carbonyl (C=O) groups is 1. The van der Waals surface area contributed by atoms with Gasteiger partial charge in [-0.3, -0.25) is 4.79 Å². The molecule has 0 unspecified atom stereocenters. The number of para-hydroxylation sites is 1. The minimum absolute atomic E-state index is 0.169. The average molecular weight is 417 g/mol. The number of nitrogens with zero attached hydrogens (tertiary/aromatic N) is 4. The van der Waals surface area contributed by atoms with Crippen molar-refractivity contribution in [3.63, 3.8) is 0 Å². The zero-order valence-corrected chi connectivity index (χ0v) is 16.4. The minimum Gasteiger partial charge on any atom is -0.367 e. The number of aromatic nitrogens is 3. The molecule has 9 heteroatoms. The van der Waals surface area contributed by atoms with Gasteiger partial charge < -0.3 is 15.1 Å². The number of halogens is 2. The molecular formula is C19H18Cl2N6O. The molecule has 1 amide bonds. The fourth-order valence-corrected chi connectivity index (χ4v) is 3.62. The second kappa shape index (κ2) is 8.08. The first-order valence-electron chi connectivity index (χ1n) is 8.84. The van der Waals surface area contributed by atoms with Crippen molar-refractivity contribution in [2.24, 2.45) is 0 Å². The summed E-state index contributed by atoms with van der Waals surface area (Å²) in [7, 11) is 0. The van der Waals surface area contributed by atoms with Gasteiger partial charge in [-0.2, -0.15) is 5.21 Å². The predicted molar refractivity (Wildman–Crippen MR) is 111 cm³/mol. The van der Waals surface area contributed by atoms with Crippen LogP contribution >= 0.6 is 23.2 Å². The van der Waals surface area contributed by atoms with Crippen molar-refractivity contribution in [2.75, 3.05) is 36.4 Å². The number of hydrogen-bond acceptors (Lipinski definition) is 5. The minimum atomic E-state index is -0.169. The normalized spacial score (nSPS) is 14.2. The van der Waals surface area contributed by atoms with Gasteiger partial charge >= 0.3 is 0 Å². The number of rotatable bonds is 4. The Hall–Kier alpha value is -2.77. The van der Waals surface area contributed by atoms with Gasteiger partial charge in [0.1, 0.15) is 0 Å². The van der Waals surface area contributed by atoms with Gasteiger partial charge in [-0.25, -0.2) is 0 Å². The average Bonchev–Trinajstić information content (AvgIpc) is 3.16. The molecule has 3 aromatic rings. The third kappa shape index (κ3) is 3.90. The zero-order valence-electron chi connectivity index (χ0n) is 14.9. The number of nitrogens with one attached hydrogen (secondary N) is 2. The molecule has 7 nitrogen and oxygen atoms in total. The van der Waals surface area contributed by atoms with Crippen molar-refractivity contribution >= 4 is 46.3 Å². The molecule has 144 valence electrons. The highest BCUT2D eigenvalue weighted by molar-refractivity contribution is 6.33. The summed E-state index contributed by atoms with van der Waals surface area (Å²) in [6.07, 6.45) is 0. The van der Waals surface area contributed by atoms with Crippen LogP contribution in [0.3, 0.4) is 0 Å². The highest BCUT2D eigenvalue weighted by Gasteiger charge is 2.27. The van der Waals surface area contributed by atoms with Gasteiger partial charge in [0.2, 0.25) is 0 Å². The van der Waals surface area contributed by atoms with Gasteiger partial charge in [0, 0.05) is 36.9 Å². The van der Waals surface area contributed by atoms with Crippen molar-refractivity contribution < 1.29 is 4.79 Å². The maximum atomic E-state index is 12.9. The molecule has 0 atom stereocenters. The van der Waals surface area contributed by atoms with Crippen LogP contribution in [0.5, 0.6) is 0 Å². The lowest BCUT2D eigenvalue weighted by Gasteiger charge is -2.36. The van der Waals surface area contributed by atoms with E-state index in [2.05, 4.69) is 25.6 Å². The number of aromatic amines is 1. The van der Waals surface area contributed by atoms with Gasteiger partial charge in [-0.15, -0.1) is 10.2 Å². The van der Waals surface area contributed by atoms with Crippen LogP contribution in [0.1, 0.15) is 10.5 Å². The Bertz CT molecular complexity index is 984. The van der Waals surface area contributed by atoms with Crippen molar-refractivity contribution in [2.45, 2.75) is 0 Å². The highest BCUT2D eigenvalue weighted by atomic mass is 35.5. The first kappa shape index (κ1) is 18.6. The number of anilines is 3. The predicted octanol–water partition coefficient (Wildman–Crippen LogP) is 3.82. The summed E-state index contributed by atoms with van der Waals surface area (Å²) in [6, 6.07) is 14.9. The van der Waals surface area contributed by atoms with Crippen molar-refractivity contribution in [3.05, 3.63) is 64.3 Å². The van der Waals surface area contributed by atoms with Crippen LogP contribution in [0.2, 0.25) is 10.0 Å². The van der Waals surface area contributed by atoms with E-state index in [-0.39, 0.29) is 11.6 Å². The van der Waals surface area contributed by atoms with E-state index in [9.17, 15) is 4.79 Å². The van der Waals surface area contributed by atoms with E-state index >= 15 is 0 Å². The van der Waals surface area contributed by atoms with E-state index in [4.69, 9.17) is 23.2 Å². The Labute approximate surface area is 172 Å². The Balaban J connectivity index is 1.44. The molecule has 2 N–H and O–H groups in total. The van der Waals surface area contributed by atoms with Crippen LogP contribution in [-0.4, -0.2) is 52.4 Å². The fourth-order valence-electron chi connectivity index (χ4n) is 3.18. The van der Waals surface area contributed by atoms with E-state index in [1.807, 2.05) is 36.4 Å². The van der Waals surface area contributed by atoms with Crippen molar-refractivity contribution in [3.8, 4) is 0 Å². The number of benzene rings is 2. The van der Waals surface area contributed by atoms with Gasteiger partial charge in [0.15, 0.2) is 11.5 Å². The molecule has 28 heavy (non-hydrogen) atoms. The molecule has 0 bridgehead atoms. The van der Waals surface area contributed by atoms with Gasteiger partial charge in [-0.1, -0.05) is 41.4 Å². The summed E-state index contributed by atoms with van der Waals surface area (Å²) >= 11 is 12.3. The van der Waals surface area contributed by atoms with Crippen LogP contribution in [0.15, 0.2) is 48.5 Å². The largest absolute Gasteiger partial charge is 0.367 e. The number of hydrogen-bond donors (Lipinski definition) is 2. The molecular weight excluding hydrogens is 399 g/mol. The second-order valence-electron chi connectivity index (χ2n) is 6.39. The van der Waals surface area contributed by atoms with E-state index in [1.165, 1.54) is 0 Å². The molecule has 1 aromatic heterocycles. The third-order valence-electron chi connectivity index (χ3n) is 4.60. The molecule has 4 rings (SSSR count). The lowest BCUT2D eigenvalue weighted by molar-refractivity contribution is 0.0742. The SMILES string of the molecule is O=C(c1n[nH]nc1Nc1cccc(Cl)c1)N1CCN(c2ccccc2Cl)CC1. The van der Waals surface area contributed by atoms with Crippen LogP contribution in [-0.2, 0) is 0 Å². The summed E-state index contributed by atoms with van der Waals surface area (Å²) in [6.45, 7) is 2.55. The van der Waals surface area contributed by atoms with Gasteiger partial charge in [0.05, 0.1) is 10.7 Å². The number of amides is 1. The number of piperazine rings is 1. The number of carbonyl (C=O) groups excluding carboxylic acids is 1. The fraction of sp³-hybridized carbons (Fsp3) is 0.211. The zero-order chi connectivity index (χ0) is 19.5. The second-order valence-corrected chi connectivity index (χ2v) is 7.23. The first-order valence-corrected chi connectivity index (χ1v) is 9.59. The Morgan fingerprint density at radius 2 is 1.79 bits per heavy atom. The lowest BCUT2D eigenvalue weighted by atomic mass is 10.2. The molecule has 1 aliphatic rings. The highest BCUT2D eigenvalue weighted by Crippen LogP contribution is 2.27. The van der Waals surface area contributed by atoms with Gasteiger partial charge in [0.25, 0.3) is 5.91 Å². The quantitative estimate of drug-likeness (QED) is 0.675. The molecule has 1 fully saturated rings. The monoisotopic (exact) mass is 416 g/mol. The molecule has 2 heterocycles. The van der Waals surface area contributed by atoms with Gasteiger partial charge in [-0.05, 0) is 30.3 Å². The molecule has 1 saturated heterocycles. The van der Waals surface area contributed by atoms with E-state index in [0.29, 0.717) is 42.0 Å². The standard InChI is InChI=1S/C19H18Cl2N6O/c20-13-4-3-5-14(12-13)22-18-17(23-25-24-18)19(28)27-10-8-26(9-11-27)16-7-2-1-6-15(16)21/h1-7,12H,8-11H2,(H2,22,23,24,25). The van der Waals surface area contributed by atoms with Crippen LogP contribution in [0.25, 0.3) is 0 Å². The Kier molecular flexibility index (Phi) is 5.36. The molecule has 0 radical (unpaired) electrons. The first-order chi connectivity index (χ1) is 13.6. The summed E-state index contributed by atoms with van der Waals surface area (Å²) in [5.41, 5.74) is 1.98. The maximum absolute atomic E-state index is 12.9. The summed E-state index contributed by atoms with van der Waals surface area (Å²) < 4.78 is 0. The molecule has 0 aliphatic carbocycles. The van der Waals surface area contributed by atoms with E-state index in [1.54, 1.807) is 17.0 Å². The van der Waals surface area contributed by atoms with Crippen molar-refractivity contribution in [1.82, 2.24) is 20.3 Å². The van der Waals surface area contributed by atoms with Crippen LogP contribution < -0.4 is 10.2 Å². The molecule has 0 spiro atoms. The van der Waals surface area contributed by atoms with E-state index < -0.39 is 0 Å². The van der Waals surface area contributed by atoms with Crippen LogP contribution in [0.4, 0.5) is 17.2 Å². The summed E-state index contributed by atoms with van der Waals surface area (Å²) in [5.74, 6) is 0.206. The number of H-pyrrole nitrogens is 1.